The molecule has 0 aliphatic carbocycles. The van der Waals surface area contributed by atoms with E-state index in [1.807, 2.05) is 13.8 Å². The van der Waals surface area contributed by atoms with Crippen LogP contribution >= 0.6 is 23.2 Å². The Labute approximate surface area is 133 Å². The number of aromatic nitrogens is 2. The Hall–Kier alpha value is -1.37. The van der Waals surface area contributed by atoms with Gasteiger partial charge in [0.05, 0.1) is 10.0 Å². The van der Waals surface area contributed by atoms with Gasteiger partial charge in [0, 0.05) is 12.1 Å². The van der Waals surface area contributed by atoms with Crippen LogP contribution in [0, 0.1) is 0 Å². The van der Waals surface area contributed by atoms with Gasteiger partial charge in [-0.15, -0.1) is 0 Å². The summed E-state index contributed by atoms with van der Waals surface area (Å²) in [5.74, 6) is 0.821. The van der Waals surface area contributed by atoms with Crippen LogP contribution < -0.4 is 4.72 Å². The minimum Gasteiger partial charge on any atom is -0.263 e. The van der Waals surface area contributed by atoms with Gasteiger partial charge in [-0.2, -0.15) is 0 Å². The van der Waals surface area contributed by atoms with E-state index in [1.165, 1.54) is 30.5 Å². The van der Waals surface area contributed by atoms with Crippen LogP contribution in [0.1, 0.15) is 25.6 Å². The van der Waals surface area contributed by atoms with Crippen LogP contribution in [0.2, 0.25) is 10.0 Å². The van der Waals surface area contributed by atoms with E-state index >= 15 is 0 Å². The summed E-state index contributed by atoms with van der Waals surface area (Å²) in [5.41, 5.74) is 0. The van der Waals surface area contributed by atoms with Gasteiger partial charge < -0.3 is 0 Å². The standard InChI is InChI=1S/C13H13Cl2N3O2S/c1-8(2)13-16-7-6-11(17-13)18-21(19,20)10-5-3-4-9(14)12(10)15/h3-8H,1-2H3,(H,16,17,18). The zero-order valence-corrected chi connectivity index (χ0v) is 13.7. The van der Waals surface area contributed by atoms with Crippen molar-refractivity contribution in [3.05, 3.63) is 46.3 Å². The first-order valence-corrected chi connectivity index (χ1v) is 8.35. The Morgan fingerprint density at radius 1 is 1.19 bits per heavy atom. The molecule has 0 fully saturated rings. The molecule has 1 aromatic heterocycles. The van der Waals surface area contributed by atoms with E-state index in [0.717, 1.165) is 0 Å². The van der Waals surface area contributed by atoms with Crippen LogP contribution in [0.5, 0.6) is 0 Å². The molecular formula is C13H13Cl2N3O2S. The van der Waals surface area contributed by atoms with E-state index in [1.54, 1.807) is 0 Å². The number of hydrogen-bond donors (Lipinski definition) is 1. The molecule has 2 aromatic rings. The lowest BCUT2D eigenvalue weighted by Gasteiger charge is -2.11. The van der Waals surface area contributed by atoms with Gasteiger partial charge in [-0.1, -0.05) is 43.1 Å². The maximum absolute atomic E-state index is 12.3. The van der Waals surface area contributed by atoms with Crippen molar-refractivity contribution in [1.29, 1.82) is 0 Å². The minimum absolute atomic E-state index is 0.0233. The predicted molar refractivity (Wildman–Crippen MR) is 83.4 cm³/mol. The van der Waals surface area contributed by atoms with E-state index in [0.29, 0.717) is 5.82 Å². The zero-order chi connectivity index (χ0) is 15.6. The quantitative estimate of drug-likeness (QED) is 0.916. The van der Waals surface area contributed by atoms with Crippen molar-refractivity contribution in [2.75, 3.05) is 4.72 Å². The van der Waals surface area contributed by atoms with Gasteiger partial charge in [-0.25, -0.2) is 18.4 Å². The summed E-state index contributed by atoms with van der Waals surface area (Å²) in [4.78, 5) is 8.14. The summed E-state index contributed by atoms with van der Waals surface area (Å²) in [5, 5.41) is 0.148. The molecule has 5 nitrogen and oxygen atoms in total. The number of anilines is 1. The zero-order valence-electron chi connectivity index (χ0n) is 11.3. The van der Waals surface area contributed by atoms with Gasteiger partial charge in [0.15, 0.2) is 0 Å². The Morgan fingerprint density at radius 3 is 2.57 bits per heavy atom. The first-order chi connectivity index (χ1) is 9.81. The van der Waals surface area contributed by atoms with Gasteiger partial charge in [-0.3, -0.25) is 4.72 Å². The fraction of sp³-hybridized carbons (Fsp3) is 0.231. The fourth-order valence-corrected chi connectivity index (χ4v) is 3.36. The molecule has 2 rings (SSSR count). The molecule has 0 bridgehead atoms. The normalized spacial score (nSPS) is 11.7. The average molecular weight is 346 g/mol. The fourth-order valence-electron chi connectivity index (χ4n) is 1.59. The molecule has 0 aliphatic heterocycles. The summed E-state index contributed by atoms with van der Waals surface area (Å²) in [6, 6.07) is 5.88. The molecule has 0 aliphatic rings. The smallest absolute Gasteiger partial charge is 0.263 e. The highest BCUT2D eigenvalue weighted by Gasteiger charge is 2.20. The van der Waals surface area contributed by atoms with E-state index in [9.17, 15) is 8.42 Å². The Balaban J connectivity index is 2.38. The Bertz CT molecular complexity index is 764. The van der Waals surface area contributed by atoms with E-state index in [-0.39, 0.29) is 26.7 Å². The molecule has 0 saturated heterocycles. The molecule has 0 saturated carbocycles. The first kappa shape index (κ1) is 16.0. The largest absolute Gasteiger partial charge is 0.264 e. The third-order valence-corrected chi connectivity index (χ3v) is 4.96. The van der Waals surface area contributed by atoms with Gasteiger partial charge in [0.25, 0.3) is 10.0 Å². The van der Waals surface area contributed by atoms with Crippen molar-refractivity contribution in [2.45, 2.75) is 24.7 Å². The van der Waals surface area contributed by atoms with Crippen LogP contribution in [-0.2, 0) is 10.0 Å². The van der Waals surface area contributed by atoms with Gasteiger partial charge in [0.2, 0.25) is 0 Å². The maximum Gasteiger partial charge on any atom is 0.264 e. The van der Waals surface area contributed by atoms with Crippen LogP contribution in [0.4, 0.5) is 5.82 Å². The van der Waals surface area contributed by atoms with Crippen LogP contribution in [0.15, 0.2) is 35.4 Å². The van der Waals surface area contributed by atoms with E-state index < -0.39 is 10.0 Å². The van der Waals surface area contributed by atoms with Crippen LogP contribution in [0.3, 0.4) is 0 Å². The molecular weight excluding hydrogens is 333 g/mol. The Kier molecular flexibility index (Phi) is 4.70. The van der Waals surface area contributed by atoms with E-state index in [2.05, 4.69) is 14.7 Å². The molecule has 21 heavy (non-hydrogen) atoms. The van der Waals surface area contributed by atoms with Gasteiger partial charge in [-0.05, 0) is 18.2 Å². The molecule has 0 radical (unpaired) electrons. The topological polar surface area (TPSA) is 72.0 Å². The van der Waals surface area contributed by atoms with Crippen LogP contribution in [0.25, 0.3) is 0 Å². The minimum atomic E-state index is -3.87. The van der Waals surface area contributed by atoms with Crippen molar-refractivity contribution in [3.63, 3.8) is 0 Å². The second kappa shape index (κ2) is 6.17. The molecule has 112 valence electrons. The lowest BCUT2D eigenvalue weighted by Crippen LogP contribution is -2.15. The van der Waals surface area contributed by atoms with Crippen molar-refractivity contribution >= 4 is 39.0 Å². The number of benzene rings is 1. The number of nitrogens with one attached hydrogen (secondary N) is 1. The second-order valence-corrected chi connectivity index (χ2v) is 7.05. The molecule has 0 atom stereocenters. The summed E-state index contributed by atoms with van der Waals surface area (Å²) in [7, 11) is -3.87. The highest BCUT2D eigenvalue weighted by Crippen LogP contribution is 2.29. The van der Waals surface area contributed by atoms with Crippen molar-refractivity contribution in [1.82, 2.24) is 9.97 Å². The van der Waals surface area contributed by atoms with Crippen LogP contribution in [-0.4, -0.2) is 18.4 Å². The molecule has 1 heterocycles. The summed E-state index contributed by atoms with van der Waals surface area (Å²) >= 11 is 11.8. The third kappa shape index (κ3) is 3.64. The number of nitrogens with zero attached hydrogens (tertiary/aromatic N) is 2. The summed E-state index contributed by atoms with van der Waals surface area (Å²) < 4.78 is 27.1. The average Bonchev–Trinajstić information content (AvgIpc) is 2.41. The Morgan fingerprint density at radius 2 is 1.90 bits per heavy atom. The molecule has 1 aromatic carbocycles. The number of sulfonamides is 1. The lowest BCUT2D eigenvalue weighted by atomic mass is 10.2. The monoisotopic (exact) mass is 345 g/mol. The number of rotatable bonds is 4. The van der Waals surface area contributed by atoms with Crippen molar-refractivity contribution < 1.29 is 8.42 Å². The maximum atomic E-state index is 12.3. The third-order valence-electron chi connectivity index (χ3n) is 2.64. The highest BCUT2D eigenvalue weighted by molar-refractivity contribution is 7.92. The van der Waals surface area contributed by atoms with E-state index in [4.69, 9.17) is 23.2 Å². The second-order valence-electron chi connectivity index (χ2n) is 4.61. The summed E-state index contributed by atoms with van der Waals surface area (Å²) in [6.07, 6.45) is 1.50. The lowest BCUT2D eigenvalue weighted by molar-refractivity contribution is 0.601. The molecule has 1 N–H and O–H groups in total. The first-order valence-electron chi connectivity index (χ1n) is 6.11. The van der Waals surface area contributed by atoms with Crippen molar-refractivity contribution in [3.8, 4) is 0 Å². The summed E-state index contributed by atoms with van der Waals surface area (Å²) in [6.45, 7) is 3.84. The predicted octanol–water partition coefficient (Wildman–Crippen LogP) is 3.71. The van der Waals surface area contributed by atoms with Gasteiger partial charge in [0.1, 0.15) is 16.5 Å². The van der Waals surface area contributed by atoms with Crippen molar-refractivity contribution in [2.24, 2.45) is 0 Å². The number of halogens is 2. The highest BCUT2D eigenvalue weighted by atomic mass is 35.5. The SMILES string of the molecule is CC(C)c1nccc(NS(=O)(=O)c2cccc(Cl)c2Cl)n1. The number of hydrogen-bond acceptors (Lipinski definition) is 4. The van der Waals surface area contributed by atoms with Gasteiger partial charge >= 0.3 is 0 Å². The molecule has 0 spiro atoms. The molecule has 0 amide bonds. The molecule has 0 unspecified atom stereocenters. The molecule has 8 heteroatoms.